The first-order valence-electron chi connectivity index (χ1n) is 7.79. The van der Waals surface area contributed by atoms with E-state index in [2.05, 4.69) is 25.9 Å². The van der Waals surface area contributed by atoms with E-state index < -0.39 is 0 Å². The van der Waals surface area contributed by atoms with Gasteiger partial charge in [0.1, 0.15) is 17.4 Å². The smallest absolute Gasteiger partial charge is 0.259 e. The van der Waals surface area contributed by atoms with Gasteiger partial charge in [0.15, 0.2) is 0 Å². The first kappa shape index (κ1) is 18.0. The van der Waals surface area contributed by atoms with E-state index in [1.54, 1.807) is 36.4 Å². The first-order valence-corrected chi connectivity index (χ1v) is 9.34. The van der Waals surface area contributed by atoms with Crippen LogP contribution in [0.3, 0.4) is 0 Å². The summed E-state index contributed by atoms with van der Waals surface area (Å²) in [7, 11) is 0. The summed E-state index contributed by atoms with van der Waals surface area (Å²) >= 11 is 15.6. The minimum absolute atomic E-state index is 0.0241. The van der Waals surface area contributed by atoms with E-state index in [0.717, 1.165) is 4.47 Å². The molecule has 3 N–H and O–H groups in total. The molecular weight excluding hydrogens is 455 g/mol. The molecule has 1 aliphatic rings. The van der Waals surface area contributed by atoms with Gasteiger partial charge >= 0.3 is 0 Å². The summed E-state index contributed by atoms with van der Waals surface area (Å²) in [6, 6.07) is 10.2. The van der Waals surface area contributed by atoms with Gasteiger partial charge in [-0.1, -0.05) is 45.2 Å². The molecule has 0 unspecified atom stereocenters. The molecule has 2 heterocycles. The lowest BCUT2D eigenvalue weighted by molar-refractivity contribution is 0.411. The molecule has 3 aromatic rings. The van der Waals surface area contributed by atoms with Gasteiger partial charge in [0.2, 0.25) is 0 Å². The third-order valence-electron chi connectivity index (χ3n) is 4.23. The largest absolute Gasteiger partial charge is 0.509 e. The monoisotopic (exact) mass is 464 g/mol. The van der Waals surface area contributed by atoms with Crippen LogP contribution in [0.5, 0.6) is 0 Å². The fourth-order valence-electron chi connectivity index (χ4n) is 2.96. The van der Waals surface area contributed by atoms with Gasteiger partial charge in [-0.2, -0.15) is 0 Å². The summed E-state index contributed by atoms with van der Waals surface area (Å²) in [5.41, 5.74) is 0.740. The standard InChI is InChI=1S/C18H11BrCl2N4O2/c19-8-4-5-11-9(6-8)18(27)24-17(23-11)14-13(26)7-25(16(14)22)12-3-1-2-10(20)15(12)21/h1-6,22,26H,7H2,(H,23,24,27). The molecule has 9 heteroatoms. The van der Waals surface area contributed by atoms with Gasteiger partial charge in [-0.3, -0.25) is 10.2 Å². The molecule has 0 atom stereocenters. The fraction of sp³-hybridized carbons (Fsp3) is 0.0556. The van der Waals surface area contributed by atoms with Crippen molar-refractivity contribution < 1.29 is 5.11 Å². The predicted molar refractivity (Wildman–Crippen MR) is 111 cm³/mol. The Morgan fingerprint density at radius 2 is 2.04 bits per heavy atom. The van der Waals surface area contributed by atoms with Crippen LogP contribution >= 0.6 is 39.1 Å². The van der Waals surface area contributed by atoms with E-state index >= 15 is 0 Å². The molecule has 0 saturated carbocycles. The molecule has 0 saturated heterocycles. The van der Waals surface area contributed by atoms with Crippen molar-refractivity contribution in [3.05, 3.63) is 72.9 Å². The topological polar surface area (TPSA) is 93.1 Å². The predicted octanol–water partition coefficient (Wildman–Crippen LogP) is 4.76. The van der Waals surface area contributed by atoms with Crippen LogP contribution in [-0.2, 0) is 0 Å². The van der Waals surface area contributed by atoms with E-state index in [4.69, 9.17) is 28.6 Å². The first-order chi connectivity index (χ1) is 12.9. The Kier molecular flexibility index (Phi) is 4.46. The second kappa shape index (κ2) is 6.67. The van der Waals surface area contributed by atoms with Gasteiger partial charge in [0.05, 0.1) is 38.8 Å². The van der Waals surface area contributed by atoms with Crippen LogP contribution in [0.1, 0.15) is 5.82 Å². The van der Waals surface area contributed by atoms with Gasteiger partial charge in [0.25, 0.3) is 5.56 Å². The van der Waals surface area contributed by atoms with Crippen molar-refractivity contribution in [3.8, 4) is 0 Å². The van der Waals surface area contributed by atoms with Crippen LogP contribution in [0.25, 0.3) is 16.5 Å². The molecule has 1 aliphatic heterocycles. The zero-order chi connectivity index (χ0) is 19.3. The summed E-state index contributed by atoms with van der Waals surface area (Å²) in [5, 5.41) is 20.0. The Labute approximate surface area is 171 Å². The number of anilines is 1. The highest BCUT2D eigenvalue weighted by molar-refractivity contribution is 9.10. The van der Waals surface area contributed by atoms with E-state index in [1.165, 1.54) is 4.90 Å². The van der Waals surface area contributed by atoms with Crippen LogP contribution in [-0.4, -0.2) is 27.5 Å². The summed E-state index contributed by atoms with van der Waals surface area (Å²) in [5.74, 6) is 0.00454. The van der Waals surface area contributed by atoms with Crippen molar-refractivity contribution in [3.63, 3.8) is 0 Å². The molecule has 0 radical (unpaired) electrons. The minimum Gasteiger partial charge on any atom is -0.509 e. The minimum atomic E-state index is -0.358. The number of benzene rings is 2. The number of aromatic nitrogens is 2. The van der Waals surface area contributed by atoms with Crippen molar-refractivity contribution >= 4 is 67.1 Å². The lowest BCUT2D eigenvalue weighted by atomic mass is 10.2. The molecule has 6 nitrogen and oxygen atoms in total. The number of fused-ring (bicyclic) bond motifs is 1. The maximum atomic E-state index is 12.4. The van der Waals surface area contributed by atoms with Gasteiger partial charge in [-0.15, -0.1) is 0 Å². The zero-order valence-electron chi connectivity index (χ0n) is 13.6. The SMILES string of the molecule is N=C1C(c2nc3ccc(Br)cc3c(=O)[nH]2)=C(O)CN1c1cccc(Cl)c1Cl. The second-order valence-corrected chi connectivity index (χ2v) is 7.61. The van der Waals surface area contributed by atoms with E-state index in [9.17, 15) is 9.90 Å². The molecule has 27 heavy (non-hydrogen) atoms. The highest BCUT2D eigenvalue weighted by Gasteiger charge is 2.32. The van der Waals surface area contributed by atoms with E-state index in [-0.39, 0.29) is 40.1 Å². The molecule has 1 aromatic heterocycles. The number of rotatable bonds is 2. The average molecular weight is 466 g/mol. The molecule has 2 aromatic carbocycles. The highest BCUT2D eigenvalue weighted by atomic mass is 79.9. The maximum Gasteiger partial charge on any atom is 0.259 e. The number of aliphatic hydroxyl groups excluding tert-OH is 1. The lowest BCUT2D eigenvalue weighted by Crippen LogP contribution is -2.27. The summed E-state index contributed by atoms with van der Waals surface area (Å²) < 4.78 is 0.757. The number of hydrogen-bond donors (Lipinski definition) is 3. The Morgan fingerprint density at radius 1 is 1.26 bits per heavy atom. The third kappa shape index (κ3) is 3.01. The molecule has 0 bridgehead atoms. The van der Waals surface area contributed by atoms with Crippen molar-refractivity contribution in [1.82, 2.24) is 9.97 Å². The Hall–Kier alpha value is -2.35. The number of hydrogen-bond acceptors (Lipinski definition) is 4. The Balaban J connectivity index is 1.81. The molecular formula is C18H11BrCl2N4O2. The number of H-pyrrole nitrogens is 1. The summed E-state index contributed by atoms with van der Waals surface area (Å²) in [6.07, 6.45) is 0. The second-order valence-electron chi connectivity index (χ2n) is 5.91. The Morgan fingerprint density at radius 3 is 2.81 bits per heavy atom. The molecule has 0 amide bonds. The van der Waals surface area contributed by atoms with Crippen molar-refractivity contribution in [2.24, 2.45) is 0 Å². The van der Waals surface area contributed by atoms with Crippen molar-refractivity contribution in [2.45, 2.75) is 0 Å². The number of nitrogens with zero attached hydrogens (tertiary/aromatic N) is 2. The molecule has 4 rings (SSSR count). The van der Waals surface area contributed by atoms with E-state index in [0.29, 0.717) is 21.6 Å². The lowest BCUT2D eigenvalue weighted by Gasteiger charge is -2.20. The maximum absolute atomic E-state index is 12.4. The normalized spacial score (nSPS) is 14.5. The molecule has 0 spiro atoms. The van der Waals surface area contributed by atoms with Crippen LogP contribution in [0.15, 0.2) is 51.4 Å². The number of aromatic amines is 1. The number of amidine groups is 1. The van der Waals surface area contributed by atoms with Crippen LogP contribution in [0.2, 0.25) is 10.0 Å². The molecule has 136 valence electrons. The summed E-state index contributed by atoms with van der Waals surface area (Å²) in [6.45, 7) is 0.0241. The molecule has 0 fully saturated rings. The number of nitrogens with one attached hydrogen (secondary N) is 2. The Bertz CT molecular complexity index is 1210. The zero-order valence-corrected chi connectivity index (χ0v) is 16.7. The average Bonchev–Trinajstić information content (AvgIpc) is 2.92. The number of aliphatic hydroxyl groups is 1. The van der Waals surface area contributed by atoms with Gasteiger partial charge in [0, 0.05) is 4.47 Å². The van der Waals surface area contributed by atoms with Crippen LogP contribution < -0.4 is 10.5 Å². The number of halogens is 3. The van der Waals surface area contributed by atoms with Crippen molar-refractivity contribution in [1.29, 1.82) is 5.41 Å². The van der Waals surface area contributed by atoms with Gasteiger partial charge < -0.3 is 15.0 Å². The van der Waals surface area contributed by atoms with Crippen LogP contribution in [0, 0.1) is 5.41 Å². The van der Waals surface area contributed by atoms with Gasteiger partial charge in [-0.05, 0) is 30.3 Å². The van der Waals surface area contributed by atoms with Crippen molar-refractivity contribution in [2.75, 3.05) is 11.4 Å². The summed E-state index contributed by atoms with van der Waals surface area (Å²) in [4.78, 5) is 21.0. The van der Waals surface area contributed by atoms with Crippen LogP contribution in [0.4, 0.5) is 5.69 Å². The van der Waals surface area contributed by atoms with Gasteiger partial charge in [-0.25, -0.2) is 4.98 Å². The third-order valence-corrected chi connectivity index (χ3v) is 5.53. The molecule has 0 aliphatic carbocycles. The van der Waals surface area contributed by atoms with E-state index in [1.807, 2.05) is 0 Å². The quantitative estimate of drug-likeness (QED) is 0.508. The highest BCUT2D eigenvalue weighted by Crippen LogP contribution is 2.37. The fourth-order valence-corrected chi connectivity index (χ4v) is 3.72.